The number of aryl methyl sites for hydroxylation is 2. The molecule has 0 spiro atoms. The molecule has 0 aliphatic heterocycles. The summed E-state index contributed by atoms with van der Waals surface area (Å²) < 4.78 is 29.5. The number of hydrogen-bond acceptors (Lipinski definition) is 4. The van der Waals surface area contributed by atoms with Gasteiger partial charge in [-0.1, -0.05) is 89.4 Å². The molecule has 2 amide bonds. The lowest BCUT2D eigenvalue weighted by atomic mass is 10.0. The number of sulfonamides is 1. The van der Waals surface area contributed by atoms with Crippen LogP contribution in [-0.4, -0.2) is 43.8 Å². The van der Waals surface area contributed by atoms with Crippen molar-refractivity contribution in [1.29, 1.82) is 0 Å². The molecule has 4 rings (SSSR count). The van der Waals surface area contributed by atoms with E-state index in [4.69, 9.17) is 23.2 Å². The Kier molecular flexibility index (Phi) is 11.3. The third kappa shape index (κ3) is 8.87. The first-order valence-electron chi connectivity index (χ1n) is 14.6. The number of rotatable bonds is 12. The van der Waals surface area contributed by atoms with Crippen molar-refractivity contribution in [2.75, 3.05) is 10.8 Å². The second kappa shape index (κ2) is 15.0. The van der Waals surface area contributed by atoms with Gasteiger partial charge < -0.3 is 10.2 Å². The lowest BCUT2D eigenvalue weighted by Gasteiger charge is -2.34. The van der Waals surface area contributed by atoms with Gasteiger partial charge in [0, 0.05) is 29.1 Å². The Morgan fingerprint density at radius 1 is 0.800 bits per heavy atom. The molecule has 0 aromatic heterocycles. The first-order valence-corrected chi connectivity index (χ1v) is 16.8. The SMILES string of the molecule is Cc1ccc(S(=O)(=O)N(CC(=O)N(Cc2cccc(Cl)c2)[C@H](Cc2ccccc2)C(=O)NC(C)C)c2cc(Cl)ccc2C)cc1. The smallest absolute Gasteiger partial charge is 0.264 e. The van der Waals surface area contributed by atoms with Crippen LogP contribution in [-0.2, 0) is 32.6 Å². The topological polar surface area (TPSA) is 86.8 Å². The number of nitrogens with one attached hydrogen (secondary N) is 1. The Hall–Kier alpha value is -3.85. The van der Waals surface area contributed by atoms with Crippen LogP contribution in [0, 0.1) is 13.8 Å². The summed E-state index contributed by atoms with van der Waals surface area (Å²) in [6, 6.07) is 26.6. The maximum absolute atomic E-state index is 14.5. The molecular weight excluding hydrogens is 629 g/mol. The van der Waals surface area contributed by atoms with Gasteiger partial charge in [-0.3, -0.25) is 13.9 Å². The van der Waals surface area contributed by atoms with Crippen molar-refractivity contribution in [3.63, 3.8) is 0 Å². The fourth-order valence-corrected chi connectivity index (χ4v) is 6.82. The summed E-state index contributed by atoms with van der Waals surface area (Å²) in [6.07, 6.45) is 0.215. The van der Waals surface area contributed by atoms with E-state index in [0.29, 0.717) is 21.2 Å². The normalized spacial score (nSPS) is 12.1. The minimum Gasteiger partial charge on any atom is -0.352 e. The van der Waals surface area contributed by atoms with Crippen molar-refractivity contribution >= 4 is 50.7 Å². The zero-order valence-corrected chi connectivity index (χ0v) is 28.0. The summed E-state index contributed by atoms with van der Waals surface area (Å²) in [5, 5.41) is 3.75. The number of amides is 2. The predicted octanol–water partition coefficient (Wildman–Crippen LogP) is 6.97. The number of halogens is 2. The molecule has 0 aliphatic rings. The molecule has 4 aromatic carbocycles. The Balaban J connectivity index is 1.84. The van der Waals surface area contributed by atoms with Gasteiger partial charge in [-0.25, -0.2) is 8.42 Å². The van der Waals surface area contributed by atoms with Gasteiger partial charge in [0.25, 0.3) is 10.0 Å². The molecule has 0 bridgehead atoms. The first kappa shape index (κ1) is 34.0. The van der Waals surface area contributed by atoms with Crippen LogP contribution in [0.4, 0.5) is 5.69 Å². The van der Waals surface area contributed by atoms with E-state index in [2.05, 4.69) is 5.32 Å². The molecule has 0 saturated carbocycles. The van der Waals surface area contributed by atoms with Gasteiger partial charge in [0.1, 0.15) is 12.6 Å². The third-order valence-electron chi connectivity index (χ3n) is 7.27. The molecule has 10 heteroatoms. The fourth-order valence-electron chi connectivity index (χ4n) is 4.97. The lowest BCUT2D eigenvalue weighted by Crippen LogP contribution is -2.54. The Morgan fingerprint density at radius 3 is 2.09 bits per heavy atom. The molecule has 45 heavy (non-hydrogen) atoms. The van der Waals surface area contributed by atoms with Gasteiger partial charge in [-0.2, -0.15) is 0 Å². The van der Waals surface area contributed by atoms with Crippen LogP contribution in [0.3, 0.4) is 0 Å². The number of carbonyl (C=O) groups is 2. The summed E-state index contributed by atoms with van der Waals surface area (Å²) in [6.45, 7) is 6.76. The molecule has 0 fully saturated rings. The van der Waals surface area contributed by atoms with E-state index in [1.54, 1.807) is 49.4 Å². The quantitative estimate of drug-likeness (QED) is 0.177. The van der Waals surface area contributed by atoms with Crippen molar-refractivity contribution in [1.82, 2.24) is 10.2 Å². The van der Waals surface area contributed by atoms with Crippen LogP contribution < -0.4 is 9.62 Å². The average molecular weight is 667 g/mol. The van der Waals surface area contributed by atoms with Crippen molar-refractivity contribution in [3.8, 4) is 0 Å². The summed E-state index contributed by atoms with van der Waals surface area (Å²) in [7, 11) is -4.24. The monoisotopic (exact) mass is 665 g/mol. The highest BCUT2D eigenvalue weighted by Crippen LogP contribution is 2.30. The third-order valence-corrected chi connectivity index (χ3v) is 9.52. The largest absolute Gasteiger partial charge is 0.352 e. The van der Waals surface area contributed by atoms with E-state index < -0.39 is 28.5 Å². The van der Waals surface area contributed by atoms with Gasteiger partial charge >= 0.3 is 0 Å². The standard InChI is InChI=1S/C35H37Cl2N3O4S/c1-24(2)38-35(42)33(20-27-9-6-5-7-10-27)39(22-28-11-8-12-29(36)19-28)34(41)23-40(32-21-30(37)16-15-26(32)4)45(43,44)31-17-13-25(3)14-18-31/h5-19,21,24,33H,20,22-23H2,1-4H3,(H,38,42)/t33-/m1/s1. The highest BCUT2D eigenvalue weighted by atomic mass is 35.5. The van der Waals surface area contributed by atoms with Crippen molar-refractivity contribution in [2.24, 2.45) is 0 Å². The van der Waals surface area contributed by atoms with Crippen LogP contribution in [0.1, 0.15) is 36.1 Å². The van der Waals surface area contributed by atoms with E-state index in [1.165, 1.54) is 23.1 Å². The Bertz CT molecular complexity index is 1750. The zero-order valence-electron chi connectivity index (χ0n) is 25.7. The highest BCUT2D eigenvalue weighted by Gasteiger charge is 2.35. The van der Waals surface area contributed by atoms with Crippen LogP contribution in [0.5, 0.6) is 0 Å². The number of anilines is 1. The maximum atomic E-state index is 14.5. The second-order valence-corrected chi connectivity index (χ2v) is 14.0. The summed E-state index contributed by atoms with van der Waals surface area (Å²) in [5.41, 5.74) is 3.31. The van der Waals surface area contributed by atoms with E-state index in [-0.39, 0.29) is 35.5 Å². The first-order chi connectivity index (χ1) is 21.3. The second-order valence-electron chi connectivity index (χ2n) is 11.3. The van der Waals surface area contributed by atoms with E-state index in [0.717, 1.165) is 15.4 Å². The highest BCUT2D eigenvalue weighted by molar-refractivity contribution is 7.92. The lowest BCUT2D eigenvalue weighted by molar-refractivity contribution is -0.140. The minimum absolute atomic E-state index is 0.0232. The average Bonchev–Trinajstić information content (AvgIpc) is 2.99. The van der Waals surface area contributed by atoms with Crippen LogP contribution >= 0.6 is 23.2 Å². The van der Waals surface area contributed by atoms with Gasteiger partial charge in [-0.05, 0) is 80.8 Å². The molecule has 1 atom stereocenters. The van der Waals surface area contributed by atoms with E-state index >= 15 is 0 Å². The summed E-state index contributed by atoms with van der Waals surface area (Å²) >= 11 is 12.6. The van der Waals surface area contributed by atoms with Gasteiger partial charge in [0.15, 0.2) is 0 Å². The molecule has 0 radical (unpaired) electrons. The molecule has 4 aromatic rings. The van der Waals surface area contributed by atoms with Crippen molar-refractivity contribution < 1.29 is 18.0 Å². The Labute approximate surface area is 275 Å². The maximum Gasteiger partial charge on any atom is 0.264 e. The van der Waals surface area contributed by atoms with E-state index in [1.807, 2.05) is 57.2 Å². The minimum atomic E-state index is -4.24. The van der Waals surface area contributed by atoms with Crippen LogP contribution in [0.25, 0.3) is 0 Å². The number of hydrogen-bond donors (Lipinski definition) is 1. The zero-order chi connectivity index (χ0) is 32.7. The van der Waals surface area contributed by atoms with Gasteiger partial charge in [0.2, 0.25) is 11.8 Å². The van der Waals surface area contributed by atoms with Crippen LogP contribution in [0.2, 0.25) is 10.0 Å². The predicted molar refractivity (Wildman–Crippen MR) is 181 cm³/mol. The van der Waals surface area contributed by atoms with Crippen molar-refractivity contribution in [3.05, 3.63) is 129 Å². The molecule has 0 saturated heterocycles. The molecular formula is C35H37Cl2N3O4S. The van der Waals surface area contributed by atoms with Gasteiger partial charge in [-0.15, -0.1) is 0 Å². The summed E-state index contributed by atoms with van der Waals surface area (Å²) in [4.78, 5) is 29.8. The molecule has 236 valence electrons. The molecule has 0 unspecified atom stereocenters. The van der Waals surface area contributed by atoms with Gasteiger partial charge in [0.05, 0.1) is 10.6 Å². The van der Waals surface area contributed by atoms with E-state index in [9.17, 15) is 18.0 Å². The molecule has 0 aliphatic carbocycles. The number of carbonyl (C=O) groups excluding carboxylic acids is 2. The van der Waals surface area contributed by atoms with Crippen LogP contribution in [0.15, 0.2) is 102 Å². The molecule has 1 N–H and O–H groups in total. The molecule has 0 heterocycles. The summed E-state index contributed by atoms with van der Waals surface area (Å²) in [5.74, 6) is -0.916. The van der Waals surface area contributed by atoms with Crippen molar-refractivity contribution in [2.45, 2.75) is 57.6 Å². The fraction of sp³-hybridized carbons (Fsp3) is 0.257. The number of nitrogens with zero attached hydrogens (tertiary/aromatic N) is 2. The Morgan fingerprint density at radius 2 is 1.44 bits per heavy atom. The molecule has 7 nitrogen and oxygen atoms in total. The number of benzene rings is 4.